The van der Waals surface area contributed by atoms with E-state index in [4.69, 9.17) is 9.19 Å². The van der Waals surface area contributed by atoms with Gasteiger partial charge in [0, 0.05) is 0 Å². The van der Waals surface area contributed by atoms with Gasteiger partial charge in [-0.25, -0.2) is 12.1 Å². The molecule has 0 heterocycles. The molecule has 0 aliphatic rings. The van der Waals surface area contributed by atoms with Crippen LogP contribution in [0, 0.1) is 5.41 Å². The summed E-state index contributed by atoms with van der Waals surface area (Å²) in [5, 5.41) is 0. The maximum Gasteiger partial charge on any atom is -0.172 e. The molecule has 12 heavy (non-hydrogen) atoms. The van der Waals surface area contributed by atoms with E-state index >= 15 is 0 Å². The molecule has 1 aromatic rings. The van der Waals surface area contributed by atoms with Crippen molar-refractivity contribution in [3.8, 4) is 0 Å². The van der Waals surface area contributed by atoms with Crippen LogP contribution in [0.1, 0.15) is 20.8 Å². The van der Waals surface area contributed by atoms with E-state index in [0.717, 1.165) is 0 Å². The smallest absolute Gasteiger partial charge is 0.172 e. The Labute approximate surface area is 87.9 Å². The van der Waals surface area contributed by atoms with Crippen molar-refractivity contribution in [1.29, 1.82) is 0 Å². The molecule has 0 saturated carbocycles. The van der Waals surface area contributed by atoms with Crippen molar-refractivity contribution in [2.24, 2.45) is 5.41 Å². The van der Waals surface area contributed by atoms with Crippen molar-refractivity contribution in [2.75, 3.05) is 0 Å². The van der Waals surface area contributed by atoms with Gasteiger partial charge >= 0.3 is 57.8 Å². The Bertz CT molecular complexity index is 177. The van der Waals surface area contributed by atoms with Crippen molar-refractivity contribution >= 4 is 13.4 Å². The number of rotatable bonds is 0. The second-order valence-electron chi connectivity index (χ2n) is 3.55. The monoisotopic (exact) mass is 351 g/mol. The van der Waals surface area contributed by atoms with Crippen LogP contribution in [0.4, 0.5) is 0 Å². The molecule has 0 amide bonds. The van der Waals surface area contributed by atoms with E-state index < -0.39 is 18.2 Å². The van der Waals surface area contributed by atoms with Gasteiger partial charge < -0.3 is 0 Å². The summed E-state index contributed by atoms with van der Waals surface area (Å²) in [5.74, 6) is 0. The summed E-state index contributed by atoms with van der Waals surface area (Å²) in [5.41, 5.74) is 0.374. The second kappa shape index (κ2) is 6.73. The fraction of sp³-hybridized carbons (Fsp3) is 0.400. The molecule has 0 aliphatic carbocycles. The fourth-order valence-corrected chi connectivity index (χ4v) is 3.92. The largest absolute Gasteiger partial charge is 0.214 e. The van der Waals surface area contributed by atoms with Crippen molar-refractivity contribution < 1.29 is 18.2 Å². The van der Waals surface area contributed by atoms with Gasteiger partial charge in [-0.2, -0.15) is 18.2 Å². The van der Waals surface area contributed by atoms with Gasteiger partial charge in [0.25, 0.3) is 0 Å². The van der Waals surface area contributed by atoms with Gasteiger partial charge in [0.1, 0.15) is 0 Å². The summed E-state index contributed by atoms with van der Waals surface area (Å²) in [6, 6.07) is 10.0. The van der Waals surface area contributed by atoms with E-state index in [1.165, 1.54) is 0 Å². The minimum absolute atomic E-state index is 0.374. The Balaban J connectivity index is 0.000000211. The molecule has 0 N–H and O–H groups in total. The summed E-state index contributed by atoms with van der Waals surface area (Å²) in [6.07, 6.45) is 0. The molecular weight excluding hydrogens is 337 g/mol. The SMILES string of the molecule is CC(C)(C)[CH]=[Ta][Cl].c1cc[cH-]c1. The van der Waals surface area contributed by atoms with Crippen LogP contribution in [0.5, 0.6) is 0 Å². The average Bonchev–Trinajstić information content (AvgIpc) is 2.38. The topological polar surface area (TPSA) is 0 Å². The van der Waals surface area contributed by atoms with Gasteiger partial charge in [0.2, 0.25) is 0 Å². The van der Waals surface area contributed by atoms with Crippen LogP contribution in [0.15, 0.2) is 30.3 Å². The van der Waals surface area contributed by atoms with Gasteiger partial charge in [-0.3, -0.25) is 0 Å². The van der Waals surface area contributed by atoms with Crippen molar-refractivity contribution in [3.05, 3.63) is 30.3 Å². The quantitative estimate of drug-likeness (QED) is 0.628. The Kier molecular flexibility index (Phi) is 6.87. The summed E-state index contributed by atoms with van der Waals surface area (Å²) in [4.78, 5) is 0. The zero-order chi connectivity index (χ0) is 9.45. The maximum atomic E-state index is 5.61. The molecule has 0 aliphatic heterocycles. The van der Waals surface area contributed by atoms with E-state index in [-0.39, 0.29) is 0 Å². The first kappa shape index (κ1) is 12.3. The molecule has 0 atom stereocenters. The normalized spacial score (nSPS) is 11.0. The molecule has 0 spiro atoms. The zero-order valence-corrected chi connectivity index (χ0v) is 11.8. The predicted molar refractivity (Wildman–Crippen MR) is 53.4 cm³/mol. The van der Waals surface area contributed by atoms with Gasteiger partial charge in [-0.1, -0.05) is 0 Å². The summed E-state index contributed by atoms with van der Waals surface area (Å²) < 4.78 is 2.26. The van der Waals surface area contributed by atoms with Crippen LogP contribution in [-0.2, 0) is 18.2 Å². The fourth-order valence-electron chi connectivity index (χ4n) is 0.467. The molecule has 0 fully saturated rings. The molecule has 0 radical (unpaired) electrons. The Morgan fingerprint density at radius 1 is 1.25 bits per heavy atom. The first-order valence-electron chi connectivity index (χ1n) is 3.88. The van der Waals surface area contributed by atoms with Crippen LogP contribution >= 0.6 is 9.19 Å². The van der Waals surface area contributed by atoms with E-state index in [9.17, 15) is 0 Å². The molecule has 0 saturated heterocycles. The second-order valence-corrected chi connectivity index (χ2v) is 6.78. The van der Waals surface area contributed by atoms with E-state index in [2.05, 4.69) is 25.0 Å². The number of halogens is 1. The summed E-state index contributed by atoms with van der Waals surface area (Å²) >= 11 is -0.643. The van der Waals surface area contributed by atoms with Crippen LogP contribution in [0.3, 0.4) is 0 Å². The molecule has 68 valence electrons. The minimum atomic E-state index is -0.643. The molecular formula is C10H15ClTa-. The van der Waals surface area contributed by atoms with Gasteiger partial charge in [-0.15, -0.1) is 0 Å². The minimum Gasteiger partial charge on any atom is -0.214 e. The van der Waals surface area contributed by atoms with Crippen molar-refractivity contribution in [3.63, 3.8) is 0 Å². The van der Waals surface area contributed by atoms with Crippen LogP contribution < -0.4 is 0 Å². The number of hydrogen-bond donors (Lipinski definition) is 0. The van der Waals surface area contributed by atoms with Crippen molar-refractivity contribution in [2.45, 2.75) is 20.8 Å². The maximum absolute atomic E-state index is 5.61. The predicted octanol–water partition coefficient (Wildman–Crippen LogP) is 3.48. The standard InChI is InChI=1S/C5H5.C5H10.ClH.Ta/c1-2-4-5-3-1;1-5(2,3)4;;/h1-5H;1H,2-4H3;1H;/q-1;;;+1/p-1. The molecule has 2 heteroatoms. The van der Waals surface area contributed by atoms with Crippen LogP contribution in [0.25, 0.3) is 0 Å². The Morgan fingerprint density at radius 3 is 1.83 bits per heavy atom. The molecule has 1 rings (SSSR count). The van der Waals surface area contributed by atoms with E-state index in [0.29, 0.717) is 5.41 Å². The summed E-state index contributed by atoms with van der Waals surface area (Å²) in [6.45, 7) is 6.54. The molecule has 1 aromatic carbocycles. The Hall–Kier alpha value is 0.250. The third-order valence-corrected chi connectivity index (χ3v) is 4.92. The van der Waals surface area contributed by atoms with Crippen molar-refractivity contribution in [1.82, 2.24) is 0 Å². The van der Waals surface area contributed by atoms with Gasteiger partial charge in [0.15, 0.2) is 0 Å². The summed E-state index contributed by atoms with van der Waals surface area (Å²) in [7, 11) is 5.61. The van der Waals surface area contributed by atoms with E-state index in [1.807, 2.05) is 30.3 Å². The first-order valence-corrected chi connectivity index (χ1v) is 9.72. The zero-order valence-electron chi connectivity index (χ0n) is 7.79. The molecule has 0 nitrogen and oxygen atoms in total. The van der Waals surface area contributed by atoms with Crippen LogP contribution in [0.2, 0.25) is 0 Å². The van der Waals surface area contributed by atoms with Crippen LogP contribution in [-0.4, -0.2) is 4.23 Å². The average molecular weight is 352 g/mol. The first-order chi connectivity index (χ1) is 5.56. The third-order valence-electron chi connectivity index (χ3n) is 0.992. The molecule has 0 unspecified atom stereocenters. The third kappa shape index (κ3) is 10.3. The van der Waals surface area contributed by atoms with E-state index in [1.54, 1.807) is 0 Å². The van der Waals surface area contributed by atoms with Gasteiger partial charge in [-0.05, 0) is 0 Å². The molecule has 0 aromatic heterocycles. The Morgan fingerprint density at radius 2 is 1.75 bits per heavy atom. The van der Waals surface area contributed by atoms with Gasteiger partial charge in [0.05, 0.1) is 0 Å². The molecule has 0 bridgehead atoms. The number of hydrogen-bond acceptors (Lipinski definition) is 0.